The number of carboxylic acid groups (broad SMARTS) is 2. The lowest BCUT2D eigenvalue weighted by Crippen LogP contribution is -2.04. The van der Waals surface area contributed by atoms with Gasteiger partial charge in [0, 0.05) is 13.3 Å². The van der Waals surface area contributed by atoms with Crippen LogP contribution < -0.4 is 0 Å². The maximum Gasteiger partial charge on any atom is 0.310 e. The van der Waals surface area contributed by atoms with Gasteiger partial charge in [0.25, 0.3) is 5.97 Å². The summed E-state index contributed by atoms with van der Waals surface area (Å²) in [4.78, 5) is 29.0. The van der Waals surface area contributed by atoms with Crippen molar-refractivity contribution in [2.45, 2.75) is 26.7 Å². The summed E-state index contributed by atoms with van der Waals surface area (Å²) in [6.07, 6.45) is -0.0250. The molecule has 2 N–H and O–H groups in total. The van der Waals surface area contributed by atoms with Gasteiger partial charge in [-0.25, -0.2) is 0 Å². The highest BCUT2D eigenvalue weighted by Crippen LogP contribution is 1.86. The van der Waals surface area contributed by atoms with Crippen LogP contribution in [0.15, 0.2) is 0 Å². The largest absolute Gasteiger partial charge is 0.481 e. The lowest BCUT2D eigenvalue weighted by atomic mass is 10.2. The predicted molar refractivity (Wildman–Crippen MR) is 40.9 cm³/mol. The van der Waals surface area contributed by atoms with E-state index in [1.807, 2.05) is 0 Å². The molecule has 0 atom stereocenters. The fraction of sp³-hybridized carbons (Fsp3) is 0.571. The fourth-order valence-corrected chi connectivity index (χ4v) is 0.294. The maximum absolute atomic E-state index is 10.2. The zero-order valence-electron chi connectivity index (χ0n) is 7.03. The number of carboxylic acids is 2. The summed E-state index contributed by atoms with van der Waals surface area (Å²) in [5.74, 6) is -2.10. The SMILES string of the molecule is CC(=O)O.CCC(=O)CC(=O)O. The molecule has 0 amide bonds. The monoisotopic (exact) mass is 176 g/mol. The van der Waals surface area contributed by atoms with Gasteiger partial charge in [-0.2, -0.15) is 0 Å². The van der Waals surface area contributed by atoms with Crippen molar-refractivity contribution in [3.63, 3.8) is 0 Å². The first-order valence-corrected chi connectivity index (χ1v) is 3.33. The van der Waals surface area contributed by atoms with Gasteiger partial charge in [0.05, 0.1) is 0 Å². The van der Waals surface area contributed by atoms with Crippen molar-refractivity contribution in [1.29, 1.82) is 0 Å². The first-order valence-electron chi connectivity index (χ1n) is 3.33. The van der Waals surface area contributed by atoms with Crippen LogP contribution in [0.4, 0.5) is 0 Å². The van der Waals surface area contributed by atoms with Crippen LogP contribution in [0.2, 0.25) is 0 Å². The summed E-state index contributed by atoms with van der Waals surface area (Å²) >= 11 is 0. The molecule has 0 heterocycles. The molecule has 0 saturated carbocycles. The highest BCUT2D eigenvalue weighted by atomic mass is 16.4. The van der Waals surface area contributed by atoms with Crippen molar-refractivity contribution in [3.8, 4) is 0 Å². The van der Waals surface area contributed by atoms with E-state index < -0.39 is 11.9 Å². The minimum atomic E-state index is -1.04. The van der Waals surface area contributed by atoms with E-state index in [9.17, 15) is 9.59 Å². The summed E-state index contributed by atoms with van der Waals surface area (Å²) in [5.41, 5.74) is 0. The first-order chi connectivity index (χ1) is 5.40. The molecule has 0 aromatic carbocycles. The third kappa shape index (κ3) is 23.5. The Morgan fingerprint density at radius 1 is 1.17 bits per heavy atom. The first kappa shape index (κ1) is 13.2. The van der Waals surface area contributed by atoms with E-state index >= 15 is 0 Å². The second-order valence-corrected chi connectivity index (χ2v) is 1.98. The number of rotatable bonds is 3. The number of ketones is 1. The highest BCUT2D eigenvalue weighted by Gasteiger charge is 2.02. The molecule has 0 aromatic rings. The third-order valence-electron chi connectivity index (χ3n) is 0.743. The van der Waals surface area contributed by atoms with Crippen molar-refractivity contribution in [2.24, 2.45) is 0 Å². The van der Waals surface area contributed by atoms with Crippen LogP contribution in [0.1, 0.15) is 26.7 Å². The number of carbonyl (C=O) groups excluding carboxylic acids is 1. The number of aliphatic carboxylic acids is 2. The van der Waals surface area contributed by atoms with Crippen molar-refractivity contribution >= 4 is 17.7 Å². The third-order valence-corrected chi connectivity index (χ3v) is 0.743. The van der Waals surface area contributed by atoms with Crippen molar-refractivity contribution in [1.82, 2.24) is 0 Å². The van der Waals surface area contributed by atoms with Crippen LogP contribution >= 0.6 is 0 Å². The summed E-state index contributed by atoms with van der Waals surface area (Å²) in [6, 6.07) is 0. The predicted octanol–water partition coefficient (Wildman–Crippen LogP) is 0.531. The van der Waals surface area contributed by atoms with E-state index in [0.717, 1.165) is 6.92 Å². The molecule has 0 aliphatic heterocycles. The van der Waals surface area contributed by atoms with Crippen molar-refractivity contribution in [3.05, 3.63) is 0 Å². The van der Waals surface area contributed by atoms with Gasteiger partial charge >= 0.3 is 5.97 Å². The van der Waals surface area contributed by atoms with E-state index in [2.05, 4.69) is 0 Å². The molecule has 5 nitrogen and oxygen atoms in total. The maximum atomic E-state index is 10.2. The van der Waals surface area contributed by atoms with Gasteiger partial charge in [-0.15, -0.1) is 0 Å². The summed E-state index contributed by atoms with van der Waals surface area (Å²) in [6.45, 7) is 2.73. The van der Waals surface area contributed by atoms with Gasteiger partial charge in [0.15, 0.2) is 0 Å². The van der Waals surface area contributed by atoms with Crippen molar-refractivity contribution in [2.75, 3.05) is 0 Å². The van der Waals surface area contributed by atoms with Crippen LogP contribution in [0.5, 0.6) is 0 Å². The average Bonchev–Trinajstić information content (AvgIpc) is 1.84. The molecule has 70 valence electrons. The van der Waals surface area contributed by atoms with Crippen LogP contribution in [0.25, 0.3) is 0 Å². The molecule has 5 heteroatoms. The number of hydrogen-bond donors (Lipinski definition) is 2. The Morgan fingerprint density at radius 2 is 1.50 bits per heavy atom. The van der Waals surface area contributed by atoms with E-state index in [1.165, 1.54) is 0 Å². The number of hydrogen-bond acceptors (Lipinski definition) is 3. The Labute approximate surface area is 70.0 Å². The molecule has 0 aromatic heterocycles. The van der Waals surface area contributed by atoms with Gasteiger partial charge < -0.3 is 10.2 Å². The zero-order valence-corrected chi connectivity index (χ0v) is 7.03. The smallest absolute Gasteiger partial charge is 0.310 e. The number of carbonyl (C=O) groups is 3. The molecule has 0 aliphatic carbocycles. The molecule has 0 spiro atoms. The van der Waals surface area contributed by atoms with Gasteiger partial charge in [0.2, 0.25) is 0 Å². The minimum absolute atomic E-state index is 0.225. The van der Waals surface area contributed by atoms with Crippen LogP contribution in [-0.2, 0) is 14.4 Å². The Bertz CT molecular complexity index is 169. The minimum Gasteiger partial charge on any atom is -0.481 e. The summed E-state index contributed by atoms with van der Waals surface area (Å²) < 4.78 is 0. The standard InChI is InChI=1S/C5H8O3.C2H4O2/c1-2-4(6)3-5(7)8;1-2(3)4/h2-3H2,1H3,(H,7,8);1H3,(H,3,4). The van der Waals surface area contributed by atoms with Crippen LogP contribution in [0.3, 0.4) is 0 Å². The lowest BCUT2D eigenvalue weighted by molar-refractivity contribution is -0.140. The molecule has 0 unspecified atom stereocenters. The van der Waals surface area contributed by atoms with E-state index in [1.54, 1.807) is 6.92 Å². The molecule has 0 aliphatic rings. The molecule has 0 radical (unpaired) electrons. The normalized spacial score (nSPS) is 7.83. The lowest BCUT2D eigenvalue weighted by Gasteiger charge is -1.86. The summed E-state index contributed by atoms with van der Waals surface area (Å²) in [7, 11) is 0. The molecule has 0 rings (SSSR count). The van der Waals surface area contributed by atoms with Crippen LogP contribution in [0, 0.1) is 0 Å². The van der Waals surface area contributed by atoms with Gasteiger partial charge in [-0.05, 0) is 0 Å². The number of Topliss-reactive ketones (excluding diaryl/α,β-unsaturated/α-hetero) is 1. The second-order valence-electron chi connectivity index (χ2n) is 1.98. The Hall–Kier alpha value is -1.39. The molecule has 0 fully saturated rings. The molecule has 12 heavy (non-hydrogen) atoms. The Kier molecular flexibility index (Phi) is 8.50. The topological polar surface area (TPSA) is 91.7 Å². The Morgan fingerprint density at radius 3 is 1.58 bits per heavy atom. The van der Waals surface area contributed by atoms with E-state index in [0.29, 0.717) is 6.42 Å². The average molecular weight is 176 g/mol. The molecular formula is C7H12O5. The summed E-state index contributed by atoms with van der Waals surface area (Å²) in [5, 5.41) is 15.4. The van der Waals surface area contributed by atoms with Crippen molar-refractivity contribution < 1.29 is 24.6 Å². The van der Waals surface area contributed by atoms with Crippen LogP contribution in [-0.4, -0.2) is 27.9 Å². The van der Waals surface area contributed by atoms with Gasteiger partial charge in [-0.3, -0.25) is 14.4 Å². The highest BCUT2D eigenvalue weighted by molar-refractivity contribution is 5.94. The van der Waals surface area contributed by atoms with Gasteiger partial charge in [-0.1, -0.05) is 6.92 Å². The zero-order chi connectivity index (χ0) is 10.1. The second kappa shape index (κ2) is 7.71. The molecular weight excluding hydrogens is 164 g/mol. The molecule has 0 bridgehead atoms. The fourth-order valence-electron chi connectivity index (χ4n) is 0.294. The van der Waals surface area contributed by atoms with Gasteiger partial charge in [0.1, 0.15) is 12.2 Å². The Balaban J connectivity index is 0. The molecule has 0 saturated heterocycles. The quantitative estimate of drug-likeness (QED) is 0.612. The van der Waals surface area contributed by atoms with E-state index in [-0.39, 0.29) is 12.2 Å². The van der Waals surface area contributed by atoms with E-state index in [4.69, 9.17) is 15.0 Å².